The molecule has 5 heteroatoms. The standard InChI is InChI=1S/C15H13Cl2N3/c1-9-14(17)10(2)20(19-9)15-13-6-4-3-5-11(13)7-12(8-16)18-15/h3-7H,8H2,1-2H3. The molecular formula is C15H13Cl2N3. The van der Waals surface area contributed by atoms with E-state index in [9.17, 15) is 0 Å². The van der Waals surface area contributed by atoms with Gasteiger partial charge in [-0.05, 0) is 25.3 Å². The average Bonchev–Trinajstić information content (AvgIpc) is 2.73. The molecule has 0 fully saturated rings. The highest BCUT2D eigenvalue weighted by atomic mass is 35.5. The molecule has 0 spiro atoms. The normalized spacial score (nSPS) is 11.2. The van der Waals surface area contributed by atoms with Crippen LogP contribution in [0.3, 0.4) is 0 Å². The second-order valence-corrected chi connectivity index (χ2v) is 5.33. The van der Waals surface area contributed by atoms with Crippen LogP contribution >= 0.6 is 23.2 Å². The van der Waals surface area contributed by atoms with Gasteiger partial charge in [-0.1, -0.05) is 35.9 Å². The molecule has 3 rings (SSSR count). The van der Waals surface area contributed by atoms with Crippen molar-refractivity contribution in [1.29, 1.82) is 0 Å². The summed E-state index contributed by atoms with van der Waals surface area (Å²) in [5.41, 5.74) is 2.50. The summed E-state index contributed by atoms with van der Waals surface area (Å²) in [6, 6.07) is 10.1. The van der Waals surface area contributed by atoms with Crippen molar-refractivity contribution in [2.45, 2.75) is 19.7 Å². The van der Waals surface area contributed by atoms with E-state index in [0.717, 1.165) is 33.7 Å². The molecule has 2 heterocycles. The quantitative estimate of drug-likeness (QED) is 0.656. The minimum atomic E-state index is 0.366. The SMILES string of the molecule is Cc1nn(-c2nc(CCl)cc3ccccc23)c(C)c1Cl. The Bertz CT molecular complexity index is 793. The summed E-state index contributed by atoms with van der Waals surface area (Å²) < 4.78 is 1.79. The summed E-state index contributed by atoms with van der Waals surface area (Å²) in [6.45, 7) is 3.82. The van der Waals surface area contributed by atoms with E-state index in [0.29, 0.717) is 10.9 Å². The second-order valence-electron chi connectivity index (χ2n) is 4.69. The van der Waals surface area contributed by atoms with Gasteiger partial charge in [0.15, 0.2) is 5.82 Å². The lowest BCUT2D eigenvalue weighted by Gasteiger charge is -2.09. The maximum absolute atomic E-state index is 6.24. The van der Waals surface area contributed by atoms with E-state index in [1.165, 1.54) is 0 Å². The summed E-state index contributed by atoms with van der Waals surface area (Å²) >= 11 is 12.2. The van der Waals surface area contributed by atoms with E-state index in [1.807, 2.05) is 44.2 Å². The van der Waals surface area contributed by atoms with Gasteiger partial charge in [0.1, 0.15) is 0 Å². The van der Waals surface area contributed by atoms with Crippen LogP contribution in [-0.4, -0.2) is 14.8 Å². The smallest absolute Gasteiger partial charge is 0.161 e. The molecule has 102 valence electrons. The summed E-state index contributed by atoms with van der Waals surface area (Å²) in [6.07, 6.45) is 0. The Morgan fingerprint density at radius 2 is 1.95 bits per heavy atom. The lowest BCUT2D eigenvalue weighted by Crippen LogP contribution is -2.04. The van der Waals surface area contributed by atoms with Gasteiger partial charge in [0, 0.05) is 5.39 Å². The third-order valence-electron chi connectivity index (χ3n) is 3.31. The summed E-state index contributed by atoms with van der Waals surface area (Å²) in [4.78, 5) is 4.61. The van der Waals surface area contributed by atoms with Crippen molar-refractivity contribution in [2.24, 2.45) is 0 Å². The van der Waals surface area contributed by atoms with Gasteiger partial charge in [0.25, 0.3) is 0 Å². The number of alkyl halides is 1. The van der Waals surface area contributed by atoms with Crippen LogP contribution in [0.1, 0.15) is 17.1 Å². The highest BCUT2D eigenvalue weighted by molar-refractivity contribution is 6.31. The molecule has 0 aliphatic rings. The van der Waals surface area contributed by atoms with Gasteiger partial charge in [-0.25, -0.2) is 9.67 Å². The van der Waals surface area contributed by atoms with E-state index < -0.39 is 0 Å². The molecule has 0 bridgehead atoms. The van der Waals surface area contributed by atoms with Crippen LogP contribution in [0.5, 0.6) is 0 Å². The number of pyridine rings is 1. The Morgan fingerprint density at radius 3 is 2.60 bits per heavy atom. The van der Waals surface area contributed by atoms with E-state index in [2.05, 4.69) is 10.1 Å². The van der Waals surface area contributed by atoms with Gasteiger partial charge in [-0.15, -0.1) is 11.6 Å². The molecule has 0 radical (unpaired) electrons. The van der Waals surface area contributed by atoms with Crippen LogP contribution in [-0.2, 0) is 5.88 Å². The van der Waals surface area contributed by atoms with Crippen molar-refractivity contribution < 1.29 is 0 Å². The molecule has 0 amide bonds. The minimum absolute atomic E-state index is 0.366. The Kier molecular flexibility index (Phi) is 3.40. The molecule has 20 heavy (non-hydrogen) atoms. The molecule has 0 saturated heterocycles. The van der Waals surface area contributed by atoms with Gasteiger partial charge in [-0.2, -0.15) is 5.10 Å². The summed E-state index contributed by atoms with van der Waals surface area (Å²) in [5, 5.41) is 7.28. The van der Waals surface area contributed by atoms with E-state index >= 15 is 0 Å². The lowest BCUT2D eigenvalue weighted by atomic mass is 10.1. The Morgan fingerprint density at radius 1 is 1.20 bits per heavy atom. The van der Waals surface area contributed by atoms with E-state index in [-0.39, 0.29) is 0 Å². The van der Waals surface area contributed by atoms with Crippen molar-refractivity contribution in [3.63, 3.8) is 0 Å². The third kappa shape index (κ3) is 2.07. The van der Waals surface area contributed by atoms with Gasteiger partial charge < -0.3 is 0 Å². The molecule has 1 aromatic carbocycles. The third-order valence-corrected chi connectivity index (χ3v) is 4.13. The maximum atomic E-state index is 6.24. The fourth-order valence-corrected chi connectivity index (χ4v) is 2.55. The minimum Gasteiger partial charge on any atom is -0.232 e. The lowest BCUT2D eigenvalue weighted by molar-refractivity contribution is 0.808. The molecule has 0 aliphatic heterocycles. The Labute approximate surface area is 127 Å². The first-order chi connectivity index (χ1) is 9.61. The largest absolute Gasteiger partial charge is 0.232 e. The molecule has 2 aromatic heterocycles. The molecule has 0 saturated carbocycles. The van der Waals surface area contributed by atoms with Crippen LogP contribution in [0.2, 0.25) is 5.02 Å². The second kappa shape index (κ2) is 5.08. The first kappa shape index (κ1) is 13.4. The first-order valence-corrected chi connectivity index (χ1v) is 7.20. The van der Waals surface area contributed by atoms with Crippen molar-refractivity contribution in [3.8, 4) is 5.82 Å². The Balaban J connectivity index is 2.37. The number of nitrogens with zero attached hydrogens (tertiary/aromatic N) is 3. The molecule has 0 N–H and O–H groups in total. The number of fused-ring (bicyclic) bond motifs is 1. The van der Waals surface area contributed by atoms with Gasteiger partial charge >= 0.3 is 0 Å². The van der Waals surface area contributed by atoms with Gasteiger partial charge in [0.2, 0.25) is 0 Å². The number of aromatic nitrogens is 3. The molecule has 3 nitrogen and oxygen atoms in total. The van der Waals surface area contributed by atoms with Crippen molar-refractivity contribution in [2.75, 3.05) is 0 Å². The average molecular weight is 306 g/mol. The zero-order valence-corrected chi connectivity index (χ0v) is 12.7. The van der Waals surface area contributed by atoms with Crippen LogP contribution in [0.25, 0.3) is 16.6 Å². The topological polar surface area (TPSA) is 30.7 Å². The van der Waals surface area contributed by atoms with Crippen molar-refractivity contribution >= 4 is 34.0 Å². The highest BCUT2D eigenvalue weighted by Crippen LogP contribution is 2.27. The maximum Gasteiger partial charge on any atom is 0.161 e. The number of benzene rings is 1. The summed E-state index contributed by atoms with van der Waals surface area (Å²) in [5.74, 6) is 1.14. The molecule has 0 unspecified atom stereocenters. The van der Waals surface area contributed by atoms with Crippen LogP contribution in [0.4, 0.5) is 0 Å². The number of rotatable bonds is 2. The molecule has 0 aliphatic carbocycles. The zero-order valence-electron chi connectivity index (χ0n) is 11.2. The number of halogens is 2. The molecule has 3 aromatic rings. The summed E-state index contributed by atoms with van der Waals surface area (Å²) in [7, 11) is 0. The van der Waals surface area contributed by atoms with Crippen LogP contribution in [0, 0.1) is 13.8 Å². The molecule has 0 atom stereocenters. The van der Waals surface area contributed by atoms with Crippen LogP contribution in [0.15, 0.2) is 30.3 Å². The van der Waals surface area contributed by atoms with Crippen molar-refractivity contribution in [1.82, 2.24) is 14.8 Å². The predicted molar refractivity (Wildman–Crippen MR) is 82.9 cm³/mol. The van der Waals surface area contributed by atoms with Crippen molar-refractivity contribution in [3.05, 3.63) is 52.4 Å². The predicted octanol–water partition coefficient (Wildman–Crippen LogP) is 4.43. The Hall–Kier alpha value is -1.58. The highest BCUT2D eigenvalue weighted by Gasteiger charge is 2.14. The monoisotopic (exact) mass is 305 g/mol. The van der Waals surface area contributed by atoms with Gasteiger partial charge in [0.05, 0.1) is 28.0 Å². The number of aryl methyl sites for hydroxylation is 1. The van der Waals surface area contributed by atoms with Gasteiger partial charge in [-0.3, -0.25) is 0 Å². The van der Waals surface area contributed by atoms with E-state index in [4.69, 9.17) is 23.2 Å². The number of hydrogen-bond acceptors (Lipinski definition) is 2. The zero-order chi connectivity index (χ0) is 14.3. The van der Waals surface area contributed by atoms with Crippen LogP contribution < -0.4 is 0 Å². The fourth-order valence-electron chi connectivity index (χ4n) is 2.29. The fraction of sp³-hybridized carbons (Fsp3) is 0.200. The van der Waals surface area contributed by atoms with E-state index in [1.54, 1.807) is 4.68 Å². The first-order valence-electron chi connectivity index (χ1n) is 6.28. The number of hydrogen-bond donors (Lipinski definition) is 0. The molecular weight excluding hydrogens is 293 g/mol.